The van der Waals surface area contributed by atoms with E-state index >= 15 is 0 Å². The summed E-state index contributed by atoms with van der Waals surface area (Å²) in [5, 5.41) is 18.9. The van der Waals surface area contributed by atoms with Crippen LogP contribution in [0.1, 0.15) is 117 Å². The molecule has 0 heterocycles. The molecular formula is C22H42O4S. The number of aliphatic carboxylic acids is 2. The Morgan fingerprint density at radius 3 is 1.26 bits per heavy atom. The maximum Gasteiger partial charge on any atom is 0.303 e. The molecule has 0 fully saturated rings. The van der Waals surface area contributed by atoms with E-state index in [1.54, 1.807) is 0 Å². The Balaban J connectivity index is 4.49. The van der Waals surface area contributed by atoms with Gasteiger partial charge in [-0.15, -0.1) is 0 Å². The highest BCUT2D eigenvalue weighted by Gasteiger charge is 2.17. The van der Waals surface area contributed by atoms with Gasteiger partial charge in [-0.2, -0.15) is 11.8 Å². The van der Waals surface area contributed by atoms with Gasteiger partial charge in [0.2, 0.25) is 0 Å². The van der Waals surface area contributed by atoms with Gasteiger partial charge in [-0.3, -0.25) is 9.59 Å². The minimum atomic E-state index is -0.693. The molecule has 27 heavy (non-hydrogen) atoms. The van der Waals surface area contributed by atoms with E-state index in [0.29, 0.717) is 10.5 Å². The number of unbranched alkanes of at least 4 members (excludes halogenated alkanes) is 6. The van der Waals surface area contributed by atoms with Gasteiger partial charge >= 0.3 is 11.9 Å². The van der Waals surface area contributed by atoms with E-state index in [4.69, 9.17) is 10.2 Å². The summed E-state index contributed by atoms with van der Waals surface area (Å²) in [5.41, 5.74) is 0. The topological polar surface area (TPSA) is 74.6 Å². The Morgan fingerprint density at radius 2 is 0.963 bits per heavy atom. The van der Waals surface area contributed by atoms with Crippen molar-refractivity contribution in [2.75, 3.05) is 0 Å². The van der Waals surface area contributed by atoms with Crippen LogP contribution < -0.4 is 0 Å². The molecule has 0 aromatic heterocycles. The number of hydrogen-bond donors (Lipinski definition) is 2. The van der Waals surface area contributed by atoms with Gasteiger partial charge in [-0.05, 0) is 38.5 Å². The van der Waals surface area contributed by atoms with Crippen LogP contribution in [0.2, 0.25) is 0 Å². The Morgan fingerprint density at radius 1 is 0.630 bits per heavy atom. The molecule has 0 bridgehead atoms. The van der Waals surface area contributed by atoms with E-state index < -0.39 is 11.9 Å². The molecule has 0 rings (SSSR count). The molecule has 160 valence electrons. The fourth-order valence-electron chi connectivity index (χ4n) is 3.37. The number of carbonyl (C=O) groups is 2. The molecule has 0 aliphatic carbocycles. The van der Waals surface area contributed by atoms with E-state index in [0.717, 1.165) is 38.5 Å². The molecule has 0 aliphatic heterocycles. The van der Waals surface area contributed by atoms with Gasteiger partial charge in [0.15, 0.2) is 0 Å². The van der Waals surface area contributed by atoms with Crippen molar-refractivity contribution in [3.05, 3.63) is 0 Å². The van der Waals surface area contributed by atoms with Gasteiger partial charge in [-0.1, -0.05) is 65.2 Å². The first-order valence-corrected chi connectivity index (χ1v) is 12.0. The number of carboxylic acid groups (broad SMARTS) is 2. The quantitative estimate of drug-likeness (QED) is 0.216. The molecule has 0 amide bonds. The van der Waals surface area contributed by atoms with E-state index in [1.165, 1.54) is 51.4 Å². The van der Waals surface area contributed by atoms with Crippen LogP contribution in [0, 0.1) is 0 Å². The van der Waals surface area contributed by atoms with Crippen LogP contribution in [0.3, 0.4) is 0 Å². The first kappa shape index (κ1) is 26.3. The van der Waals surface area contributed by atoms with Crippen LogP contribution in [0.15, 0.2) is 0 Å². The van der Waals surface area contributed by atoms with Gasteiger partial charge in [0.05, 0.1) is 0 Å². The normalized spacial score (nSPS) is 13.4. The highest BCUT2D eigenvalue weighted by molar-refractivity contribution is 8.00. The first-order chi connectivity index (χ1) is 13.0. The standard InChI is InChI=1S/C22H42O4S/c1-3-5-7-13-19(15-9-11-17-21(23)24)27-20(14-8-6-4-2)16-10-12-18-22(25)26/h19-20H,3-18H2,1-2H3,(H,23,24)(H,25,26). The van der Waals surface area contributed by atoms with Crippen LogP contribution in [0.4, 0.5) is 0 Å². The summed E-state index contributed by atoms with van der Waals surface area (Å²) in [6.45, 7) is 4.45. The predicted octanol–water partition coefficient (Wildman–Crippen LogP) is 6.91. The van der Waals surface area contributed by atoms with E-state index in [2.05, 4.69) is 25.6 Å². The van der Waals surface area contributed by atoms with Crippen molar-refractivity contribution >= 4 is 23.7 Å². The van der Waals surface area contributed by atoms with Gasteiger partial charge in [-0.25, -0.2) is 0 Å². The van der Waals surface area contributed by atoms with Crippen molar-refractivity contribution in [2.45, 2.75) is 127 Å². The second kappa shape index (κ2) is 18.6. The Hall–Kier alpha value is -0.710. The van der Waals surface area contributed by atoms with Gasteiger partial charge in [0.1, 0.15) is 0 Å². The van der Waals surface area contributed by atoms with Crippen LogP contribution in [-0.4, -0.2) is 32.7 Å². The Kier molecular flexibility index (Phi) is 18.2. The highest BCUT2D eigenvalue weighted by atomic mass is 32.2. The molecule has 0 aromatic carbocycles. The van der Waals surface area contributed by atoms with Crippen LogP contribution in [-0.2, 0) is 9.59 Å². The molecular weight excluding hydrogens is 360 g/mol. The van der Waals surface area contributed by atoms with Crippen molar-refractivity contribution < 1.29 is 19.8 Å². The Bertz CT molecular complexity index is 339. The summed E-state index contributed by atoms with van der Waals surface area (Å²) in [5.74, 6) is -1.39. The fourth-order valence-corrected chi connectivity index (χ4v) is 5.13. The summed E-state index contributed by atoms with van der Waals surface area (Å²) in [6, 6.07) is 0. The SMILES string of the molecule is CCCCCC(CCCCC(=O)O)SC(CCCCC)CCCCC(=O)O. The van der Waals surface area contributed by atoms with Gasteiger partial charge < -0.3 is 10.2 Å². The zero-order valence-corrected chi connectivity index (χ0v) is 18.4. The Labute approximate surface area is 170 Å². The molecule has 0 saturated carbocycles. The first-order valence-electron chi connectivity index (χ1n) is 11.1. The largest absolute Gasteiger partial charge is 0.481 e. The smallest absolute Gasteiger partial charge is 0.303 e. The van der Waals surface area contributed by atoms with Crippen molar-refractivity contribution in [1.29, 1.82) is 0 Å². The molecule has 5 heteroatoms. The minimum absolute atomic E-state index is 0.279. The van der Waals surface area contributed by atoms with E-state index in [-0.39, 0.29) is 12.8 Å². The highest BCUT2D eigenvalue weighted by Crippen LogP contribution is 2.33. The summed E-state index contributed by atoms with van der Waals surface area (Å²) >= 11 is 2.11. The molecule has 0 spiro atoms. The van der Waals surface area contributed by atoms with Crippen LogP contribution >= 0.6 is 11.8 Å². The second-order valence-corrected chi connectivity index (χ2v) is 9.26. The molecule has 4 nitrogen and oxygen atoms in total. The van der Waals surface area contributed by atoms with Crippen molar-refractivity contribution in [2.24, 2.45) is 0 Å². The molecule has 2 unspecified atom stereocenters. The molecule has 0 aromatic rings. The van der Waals surface area contributed by atoms with E-state index in [9.17, 15) is 9.59 Å². The average Bonchev–Trinajstić information content (AvgIpc) is 2.61. The fraction of sp³-hybridized carbons (Fsp3) is 0.909. The van der Waals surface area contributed by atoms with Gasteiger partial charge in [0, 0.05) is 23.3 Å². The summed E-state index contributed by atoms with van der Waals surface area (Å²) in [7, 11) is 0. The summed E-state index contributed by atoms with van der Waals surface area (Å²) < 4.78 is 0. The van der Waals surface area contributed by atoms with Crippen LogP contribution in [0.5, 0.6) is 0 Å². The number of rotatable bonds is 20. The monoisotopic (exact) mass is 402 g/mol. The third-order valence-corrected chi connectivity index (χ3v) is 6.69. The summed E-state index contributed by atoms with van der Waals surface area (Å²) in [4.78, 5) is 21.5. The number of hydrogen-bond acceptors (Lipinski definition) is 3. The minimum Gasteiger partial charge on any atom is -0.481 e. The maximum atomic E-state index is 10.7. The lowest BCUT2D eigenvalue weighted by molar-refractivity contribution is -0.138. The molecule has 0 radical (unpaired) electrons. The molecule has 2 atom stereocenters. The zero-order valence-electron chi connectivity index (χ0n) is 17.6. The predicted molar refractivity (Wildman–Crippen MR) is 116 cm³/mol. The summed E-state index contributed by atoms with van der Waals surface area (Å²) in [6.07, 6.45) is 16.3. The number of thioether (sulfide) groups is 1. The van der Waals surface area contributed by atoms with Crippen molar-refractivity contribution in [1.82, 2.24) is 0 Å². The van der Waals surface area contributed by atoms with Gasteiger partial charge in [0.25, 0.3) is 0 Å². The lowest BCUT2D eigenvalue weighted by Gasteiger charge is -2.24. The third kappa shape index (κ3) is 18.4. The van der Waals surface area contributed by atoms with Crippen LogP contribution in [0.25, 0.3) is 0 Å². The zero-order chi connectivity index (χ0) is 20.3. The molecule has 2 N–H and O–H groups in total. The lowest BCUT2D eigenvalue weighted by atomic mass is 10.1. The second-order valence-electron chi connectivity index (χ2n) is 7.65. The lowest BCUT2D eigenvalue weighted by Crippen LogP contribution is -2.13. The molecule has 0 saturated heterocycles. The van der Waals surface area contributed by atoms with Crippen molar-refractivity contribution in [3.63, 3.8) is 0 Å². The average molecular weight is 403 g/mol. The van der Waals surface area contributed by atoms with E-state index in [1.807, 2.05) is 0 Å². The van der Waals surface area contributed by atoms with Crippen molar-refractivity contribution in [3.8, 4) is 0 Å². The maximum absolute atomic E-state index is 10.7. The third-order valence-electron chi connectivity index (χ3n) is 4.98. The molecule has 0 aliphatic rings. The number of carboxylic acids is 2.